The molecule has 1 fully saturated rings. The van der Waals surface area contributed by atoms with Gasteiger partial charge >= 0.3 is 5.97 Å². The van der Waals surface area contributed by atoms with E-state index in [-0.39, 0.29) is 44.9 Å². The average molecular weight is 723 g/mol. The second-order valence-corrected chi connectivity index (χ2v) is 13.4. The van der Waals surface area contributed by atoms with Gasteiger partial charge in [-0.3, -0.25) is 33.6 Å². The lowest BCUT2D eigenvalue weighted by Crippen LogP contribution is -2.50. The molecule has 6 amide bonds. The van der Waals surface area contributed by atoms with Gasteiger partial charge in [-0.05, 0) is 77.9 Å². The molecule has 0 bridgehead atoms. The number of carboxylic acids is 1. The van der Waals surface area contributed by atoms with Crippen molar-refractivity contribution in [1.82, 2.24) is 10.6 Å². The Balaban J connectivity index is 1.28. The summed E-state index contributed by atoms with van der Waals surface area (Å²) in [6.45, 7) is 0. The van der Waals surface area contributed by atoms with E-state index >= 15 is 0 Å². The highest BCUT2D eigenvalue weighted by molar-refractivity contribution is 6.01. The van der Waals surface area contributed by atoms with Gasteiger partial charge in [-0.1, -0.05) is 60.7 Å². The Kier molecular flexibility index (Phi) is 12.4. The Labute approximate surface area is 305 Å². The van der Waals surface area contributed by atoms with Crippen LogP contribution in [0.15, 0.2) is 84.9 Å². The van der Waals surface area contributed by atoms with Crippen molar-refractivity contribution in [3.63, 3.8) is 0 Å². The van der Waals surface area contributed by atoms with E-state index in [2.05, 4.69) is 21.3 Å². The molecule has 4 aromatic rings. The number of nitrogens with two attached hydrogens (primary N) is 2. The van der Waals surface area contributed by atoms with Crippen LogP contribution in [0.2, 0.25) is 0 Å². The predicted molar refractivity (Wildman–Crippen MR) is 198 cm³/mol. The van der Waals surface area contributed by atoms with Crippen LogP contribution in [0.3, 0.4) is 0 Å². The first-order valence-corrected chi connectivity index (χ1v) is 17.4. The Hall–Kier alpha value is -6.31. The second-order valence-electron chi connectivity index (χ2n) is 13.4. The monoisotopic (exact) mass is 722 g/mol. The van der Waals surface area contributed by atoms with Crippen LogP contribution in [0, 0.1) is 17.8 Å². The van der Waals surface area contributed by atoms with Crippen molar-refractivity contribution in [2.45, 2.75) is 57.0 Å². The third-order valence-corrected chi connectivity index (χ3v) is 9.46. The van der Waals surface area contributed by atoms with E-state index in [1.807, 2.05) is 60.7 Å². The summed E-state index contributed by atoms with van der Waals surface area (Å²) in [5.41, 5.74) is 11.6. The number of carbonyl (C=O) groups is 7. The summed E-state index contributed by atoms with van der Waals surface area (Å²) < 4.78 is 0. The first kappa shape index (κ1) is 37.9. The van der Waals surface area contributed by atoms with Crippen molar-refractivity contribution in [2.75, 3.05) is 10.6 Å². The third kappa shape index (κ3) is 10.4. The normalized spacial score (nSPS) is 17.9. The molecular formula is C39H42N6O8. The number of aliphatic carboxylic acids is 1. The summed E-state index contributed by atoms with van der Waals surface area (Å²) in [4.78, 5) is 89.7. The molecule has 4 aromatic carbocycles. The van der Waals surface area contributed by atoms with Gasteiger partial charge in [-0.15, -0.1) is 0 Å². The molecule has 0 spiro atoms. The van der Waals surface area contributed by atoms with E-state index in [0.717, 1.165) is 21.5 Å². The van der Waals surface area contributed by atoms with Gasteiger partial charge in [0.15, 0.2) is 0 Å². The Bertz CT molecular complexity index is 1910. The zero-order chi connectivity index (χ0) is 38.1. The van der Waals surface area contributed by atoms with Gasteiger partial charge in [-0.25, -0.2) is 0 Å². The zero-order valence-corrected chi connectivity index (χ0v) is 28.9. The minimum Gasteiger partial charge on any atom is -0.481 e. The molecule has 276 valence electrons. The van der Waals surface area contributed by atoms with E-state index in [1.165, 1.54) is 0 Å². The summed E-state index contributed by atoms with van der Waals surface area (Å²) in [5, 5.41) is 24.4. The van der Waals surface area contributed by atoms with Gasteiger partial charge in [0.1, 0.15) is 12.1 Å². The second kappa shape index (κ2) is 17.3. The lowest BCUT2D eigenvalue weighted by atomic mass is 9.74. The minimum atomic E-state index is -1.21. The topological polar surface area (TPSA) is 240 Å². The molecule has 1 aliphatic rings. The molecule has 0 saturated heterocycles. The van der Waals surface area contributed by atoms with Crippen LogP contribution in [0.5, 0.6) is 0 Å². The number of hydrogen-bond acceptors (Lipinski definition) is 7. The van der Waals surface area contributed by atoms with Gasteiger partial charge in [0.25, 0.3) is 0 Å². The molecule has 9 N–H and O–H groups in total. The quantitative estimate of drug-likeness (QED) is 0.0959. The standard InChI is InChI=1S/C39H42N6O8/c40-33(46)15-13-31(37(50)42-29-11-9-22-5-1-3-7-24(22)20-29)44-35(48)26-17-27(19-28(18-26)39(52)53)36(49)45-32(14-16-34(41)47)38(51)43-30-12-10-23-6-2-4-8-25(23)21-30/h1-12,20-21,26-28,31-32H,13-19H2,(H2,40,46)(H2,41,47)(H,42,50)(H,43,51)(H,44,48)(H,45,49)(H,52,53)/t26-,27+,28?,31-,32-/m0/s1. The van der Waals surface area contributed by atoms with Crippen LogP contribution < -0.4 is 32.7 Å². The first-order valence-electron chi connectivity index (χ1n) is 17.4. The van der Waals surface area contributed by atoms with E-state index in [0.29, 0.717) is 11.4 Å². The molecule has 0 aliphatic heterocycles. The van der Waals surface area contributed by atoms with Crippen LogP contribution in [-0.2, 0) is 33.6 Å². The third-order valence-electron chi connectivity index (χ3n) is 9.46. The Morgan fingerprint density at radius 3 is 1.32 bits per heavy atom. The highest BCUT2D eigenvalue weighted by Crippen LogP contribution is 2.34. The number of carboxylic acid groups (broad SMARTS) is 1. The molecule has 5 rings (SSSR count). The molecule has 14 nitrogen and oxygen atoms in total. The van der Waals surface area contributed by atoms with Crippen molar-refractivity contribution in [2.24, 2.45) is 29.2 Å². The van der Waals surface area contributed by atoms with Gasteiger partial charge < -0.3 is 37.8 Å². The summed E-state index contributed by atoms with van der Waals surface area (Å²) in [7, 11) is 0. The lowest BCUT2D eigenvalue weighted by molar-refractivity contribution is -0.147. The summed E-state index contributed by atoms with van der Waals surface area (Å²) in [6, 6.07) is 23.3. The lowest BCUT2D eigenvalue weighted by Gasteiger charge is -2.33. The molecule has 1 saturated carbocycles. The maximum atomic E-state index is 13.7. The summed E-state index contributed by atoms with van der Waals surface area (Å²) >= 11 is 0. The summed E-state index contributed by atoms with van der Waals surface area (Å²) in [6.07, 6.45) is -0.943. The van der Waals surface area contributed by atoms with Gasteiger partial charge in [-0.2, -0.15) is 0 Å². The molecule has 5 atom stereocenters. The van der Waals surface area contributed by atoms with E-state index in [9.17, 15) is 38.7 Å². The maximum Gasteiger partial charge on any atom is 0.306 e. The predicted octanol–water partition coefficient (Wildman–Crippen LogP) is 3.19. The average Bonchev–Trinajstić information content (AvgIpc) is 3.14. The fraction of sp³-hybridized carbons (Fsp3) is 0.308. The number of fused-ring (bicyclic) bond motifs is 2. The number of nitrogens with one attached hydrogen (secondary N) is 4. The minimum absolute atomic E-state index is 0.0783. The largest absolute Gasteiger partial charge is 0.481 e. The molecule has 1 unspecified atom stereocenters. The number of primary amides is 2. The number of anilines is 2. The molecule has 0 heterocycles. The van der Waals surface area contributed by atoms with E-state index < -0.39 is 71.2 Å². The number of benzene rings is 4. The highest BCUT2D eigenvalue weighted by Gasteiger charge is 2.41. The van der Waals surface area contributed by atoms with Crippen LogP contribution in [0.1, 0.15) is 44.9 Å². The van der Waals surface area contributed by atoms with Crippen molar-refractivity contribution >= 4 is 74.3 Å². The Morgan fingerprint density at radius 2 is 0.943 bits per heavy atom. The highest BCUT2D eigenvalue weighted by atomic mass is 16.4. The fourth-order valence-electron chi connectivity index (χ4n) is 6.63. The van der Waals surface area contributed by atoms with E-state index in [4.69, 9.17) is 11.5 Å². The van der Waals surface area contributed by atoms with Crippen molar-refractivity contribution < 1.29 is 38.7 Å². The number of carbonyl (C=O) groups excluding carboxylic acids is 6. The zero-order valence-electron chi connectivity index (χ0n) is 28.9. The molecule has 53 heavy (non-hydrogen) atoms. The molecular weight excluding hydrogens is 680 g/mol. The maximum absolute atomic E-state index is 13.7. The molecule has 1 aliphatic carbocycles. The smallest absolute Gasteiger partial charge is 0.306 e. The van der Waals surface area contributed by atoms with Crippen LogP contribution in [0.4, 0.5) is 11.4 Å². The van der Waals surface area contributed by atoms with Crippen LogP contribution in [-0.4, -0.2) is 58.6 Å². The van der Waals surface area contributed by atoms with Gasteiger partial charge in [0, 0.05) is 36.1 Å². The number of rotatable bonds is 15. The fourth-order valence-corrected chi connectivity index (χ4v) is 6.63. The first-order chi connectivity index (χ1) is 25.4. The summed E-state index contributed by atoms with van der Waals surface area (Å²) in [5.74, 6) is -8.21. The molecule has 14 heteroatoms. The van der Waals surface area contributed by atoms with Gasteiger partial charge in [0.2, 0.25) is 35.4 Å². The number of amides is 6. The van der Waals surface area contributed by atoms with Crippen molar-refractivity contribution in [3.8, 4) is 0 Å². The van der Waals surface area contributed by atoms with Crippen molar-refractivity contribution in [1.29, 1.82) is 0 Å². The van der Waals surface area contributed by atoms with Crippen LogP contribution in [0.25, 0.3) is 21.5 Å². The number of hydrogen-bond donors (Lipinski definition) is 7. The molecule has 0 aromatic heterocycles. The van der Waals surface area contributed by atoms with Crippen molar-refractivity contribution in [3.05, 3.63) is 84.9 Å². The van der Waals surface area contributed by atoms with Crippen LogP contribution >= 0.6 is 0 Å². The molecule has 0 radical (unpaired) electrons. The Morgan fingerprint density at radius 1 is 0.566 bits per heavy atom. The SMILES string of the molecule is NC(=O)CC[C@H](NC(=O)[C@@H]1CC(C(=O)O)C[C@H](C(=O)N[C@@H](CCC(N)=O)C(=O)Nc2ccc3ccccc3c2)C1)C(=O)Nc1ccc2ccccc2c1. The van der Waals surface area contributed by atoms with E-state index in [1.54, 1.807) is 24.3 Å². The van der Waals surface area contributed by atoms with Gasteiger partial charge in [0.05, 0.1) is 5.92 Å².